The van der Waals surface area contributed by atoms with Crippen molar-refractivity contribution in [2.75, 3.05) is 7.11 Å². The van der Waals surface area contributed by atoms with Crippen molar-refractivity contribution < 1.29 is 4.84 Å². The van der Waals surface area contributed by atoms with Crippen LogP contribution in [0.15, 0.2) is 48.1 Å². The Hall–Kier alpha value is -2.35. The molecule has 0 aromatic heterocycles. The van der Waals surface area contributed by atoms with E-state index in [2.05, 4.69) is 70.6 Å². The van der Waals surface area contributed by atoms with Crippen LogP contribution in [0.25, 0.3) is 5.57 Å². The predicted molar refractivity (Wildman–Crippen MR) is 116 cm³/mol. The van der Waals surface area contributed by atoms with Gasteiger partial charge in [-0.3, -0.25) is 0 Å². The number of benzene rings is 2. The van der Waals surface area contributed by atoms with E-state index >= 15 is 0 Å². The van der Waals surface area contributed by atoms with E-state index in [4.69, 9.17) is 4.84 Å². The maximum absolute atomic E-state index is 4.75. The van der Waals surface area contributed by atoms with Gasteiger partial charge in [0, 0.05) is 0 Å². The highest BCUT2D eigenvalue weighted by Crippen LogP contribution is 2.47. The van der Waals surface area contributed by atoms with Crippen LogP contribution in [0.1, 0.15) is 73.9 Å². The molecule has 0 radical (unpaired) electrons. The lowest BCUT2D eigenvalue weighted by Gasteiger charge is -2.42. The van der Waals surface area contributed by atoms with Gasteiger partial charge in [-0.2, -0.15) is 0 Å². The second-order valence-electron chi connectivity index (χ2n) is 9.00. The minimum absolute atomic E-state index is 0.202. The summed E-state index contributed by atoms with van der Waals surface area (Å²) in [5.74, 6) is 0. The molecular weight excluding hydrogens is 330 g/mol. The van der Waals surface area contributed by atoms with Crippen LogP contribution in [0.3, 0.4) is 0 Å². The van der Waals surface area contributed by atoms with Crippen molar-refractivity contribution in [3.8, 4) is 0 Å². The quantitative estimate of drug-likeness (QED) is 0.457. The molecule has 0 N–H and O–H groups in total. The molecule has 0 saturated carbocycles. The monoisotopic (exact) mass is 361 g/mol. The molecule has 142 valence electrons. The molecule has 0 spiro atoms. The molecule has 2 aromatic rings. The van der Waals surface area contributed by atoms with Crippen molar-refractivity contribution in [1.82, 2.24) is 0 Å². The largest absolute Gasteiger partial charge is 0.399 e. The maximum atomic E-state index is 4.75. The van der Waals surface area contributed by atoms with Crippen LogP contribution in [0.5, 0.6) is 0 Å². The van der Waals surface area contributed by atoms with E-state index in [1.165, 1.54) is 35.1 Å². The number of hydrogen-bond acceptors (Lipinski definition) is 2. The number of hydrogen-bond donors (Lipinski definition) is 0. The third-order valence-corrected chi connectivity index (χ3v) is 6.09. The highest BCUT2D eigenvalue weighted by Gasteiger charge is 2.37. The molecule has 2 heteroatoms. The molecule has 1 aliphatic carbocycles. The molecule has 1 aliphatic rings. The second-order valence-corrected chi connectivity index (χ2v) is 9.00. The summed E-state index contributed by atoms with van der Waals surface area (Å²) in [6, 6.07) is 13.1. The molecule has 0 bridgehead atoms. The lowest BCUT2D eigenvalue weighted by molar-refractivity contribution is 0.215. The fourth-order valence-electron chi connectivity index (χ4n) is 4.09. The molecule has 0 atom stereocenters. The van der Waals surface area contributed by atoms with E-state index in [0.717, 1.165) is 16.7 Å². The maximum Gasteiger partial charge on any atom is 0.106 e. The van der Waals surface area contributed by atoms with E-state index < -0.39 is 0 Å². The Morgan fingerprint density at radius 2 is 1.56 bits per heavy atom. The summed E-state index contributed by atoms with van der Waals surface area (Å²) in [5, 5.41) is 3.82. The first kappa shape index (κ1) is 19.4. The summed E-state index contributed by atoms with van der Waals surface area (Å²) < 4.78 is 0. The first-order valence-electron chi connectivity index (χ1n) is 9.67. The lowest BCUT2D eigenvalue weighted by atomic mass is 9.62. The first-order valence-corrected chi connectivity index (χ1v) is 9.67. The van der Waals surface area contributed by atoms with Crippen molar-refractivity contribution in [2.24, 2.45) is 5.16 Å². The molecule has 3 rings (SSSR count). The van der Waals surface area contributed by atoms with Gasteiger partial charge < -0.3 is 4.84 Å². The van der Waals surface area contributed by atoms with Crippen LogP contribution in [-0.4, -0.2) is 13.3 Å². The Labute approximate surface area is 164 Å². The summed E-state index contributed by atoms with van der Waals surface area (Å²) in [6.45, 7) is 16.1. The second kappa shape index (κ2) is 6.99. The van der Waals surface area contributed by atoms with Crippen molar-refractivity contribution in [2.45, 2.75) is 58.3 Å². The van der Waals surface area contributed by atoms with Crippen LogP contribution in [-0.2, 0) is 15.7 Å². The van der Waals surface area contributed by atoms with Crippen LogP contribution < -0.4 is 0 Å². The van der Waals surface area contributed by atoms with E-state index in [1.807, 2.05) is 12.1 Å². The van der Waals surface area contributed by atoms with Crippen LogP contribution in [0.2, 0.25) is 0 Å². The van der Waals surface area contributed by atoms with Gasteiger partial charge in [0.25, 0.3) is 0 Å². The zero-order valence-corrected chi connectivity index (χ0v) is 17.5. The molecule has 0 saturated heterocycles. The Morgan fingerprint density at radius 1 is 1.00 bits per heavy atom. The normalized spacial score (nSPS) is 17.6. The van der Waals surface area contributed by atoms with E-state index in [1.54, 1.807) is 13.3 Å². The van der Waals surface area contributed by atoms with Crippen molar-refractivity contribution in [3.05, 3.63) is 76.4 Å². The van der Waals surface area contributed by atoms with Gasteiger partial charge in [0.2, 0.25) is 0 Å². The zero-order valence-electron chi connectivity index (χ0n) is 17.5. The molecule has 0 heterocycles. The van der Waals surface area contributed by atoms with Gasteiger partial charge in [-0.1, -0.05) is 75.8 Å². The van der Waals surface area contributed by atoms with Crippen molar-refractivity contribution >= 4 is 11.8 Å². The number of fused-ring (bicyclic) bond motifs is 1. The summed E-state index contributed by atoms with van der Waals surface area (Å²) in [7, 11) is 1.55. The fourth-order valence-corrected chi connectivity index (χ4v) is 4.09. The highest BCUT2D eigenvalue weighted by molar-refractivity contribution is 5.84. The van der Waals surface area contributed by atoms with E-state index in [0.29, 0.717) is 0 Å². The third-order valence-electron chi connectivity index (χ3n) is 6.09. The summed E-state index contributed by atoms with van der Waals surface area (Å²) in [5.41, 5.74) is 9.19. The standard InChI is InChI=1S/C25H31NO/c1-17-14-22-23(25(5,6)13-12-24(22,3)4)15-21(17)18(2)20-10-8-19(9-11-20)16-26-27-7/h8-11,14-16H,2,12-13H2,1,3-7H3. The molecule has 0 aliphatic heterocycles. The lowest BCUT2D eigenvalue weighted by Crippen LogP contribution is -2.34. The smallest absolute Gasteiger partial charge is 0.106 e. The predicted octanol–water partition coefficient (Wildman–Crippen LogP) is 6.39. The fraction of sp³-hybridized carbons (Fsp3) is 0.400. The Kier molecular flexibility index (Phi) is 5.03. The molecular formula is C25H31NO. The van der Waals surface area contributed by atoms with Crippen LogP contribution in [0, 0.1) is 6.92 Å². The molecule has 2 nitrogen and oxygen atoms in total. The van der Waals surface area contributed by atoms with Crippen molar-refractivity contribution in [3.63, 3.8) is 0 Å². The SMILES string of the molecule is C=C(c1ccc(C=NOC)cc1)c1cc2c(cc1C)C(C)(C)CCC2(C)C. The van der Waals surface area contributed by atoms with Gasteiger partial charge in [0.1, 0.15) is 7.11 Å². The summed E-state index contributed by atoms with van der Waals surface area (Å²) in [6.07, 6.45) is 4.16. The third kappa shape index (κ3) is 3.71. The van der Waals surface area contributed by atoms with Crippen LogP contribution >= 0.6 is 0 Å². The number of rotatable bonds is 4. The Morgan fingerprint density at radius 3 is 2.11 bits per heavy atom. The molecule has 2 aromatic carbocycles. The van der Waals surface area contributed by atoms with Gasteiger partial charge >= 0.3 is 0 Å². The minimum Gasteiger partial charge on any atom is -0.399 e. The van der Waals surface area contributed by atoms with Gasteiger partial charge in [-0.05, 0) is 69.5 Å². The molecule has 0 amide bonds. The molecule has 0 fully saturated rings. The van der Waals surface area contributed by atoms with Gasteiger partial charge in [0.15, 0.2) is 0 Å². The number of nitrogens with zero attached hydrogens (tertiary/aromatic N) is 1. The van der Waals surface area contributed by atoms with Gasteiger partial charge in [0.05, 0.1) is 6.21 Å². The number of oxime groups is 1. The molecule has 27 heavy (non-hydrogen) atoms. The number of aryl methyl sites for hydroxylation is 1. The van der Waals surface area contributed by atoms with Crippen molar-refractivity contribution in [1.29, 1.82) is 0 Å². The minimum atomic E-state index is 0.202. The summed E-state index contributed by atoms with van der Waals surface area (Å²) in [4.78, 5) is 4.75. The Bertz CT molecular complexity index is 885. The average molecular weight is 362 g/mol. The zero-order chi connectivity index (χ0) is 19.8. The first-order chi connectivity index (χ1) is 12.7. The molecule has 0 unspecified atom stereocenters. The highest BCUT2D eigenvalue weighted by atomic mass is 16.6. The summed E-state index contributed by atoms with van der Waals surface area (Å²) >= 11 is 0. The Balaban J connectivity index is 2.02. The van der Waals surface area contributed by atoms with E-state index in [-0.39, 0.29) is 10.8 Å². The average Bonchev–Trinajstić information content (AvgIpc) is 2.63. The topological polar surface area (TPSA) is 21.6 Å². The van der Waals surface area contributed by atoms with E-state index in [9.17, 15) is 0 Å². The van der Waals surface area contributed by atoms with Crippen LogP contribution in [0.4, 0.5) is 0 Å². The van der Waals surface area contributed by atoms with Gasteiger partial charge in [-0.25, -0.2) is 0 Å². The van der Waals surface area contributed by atoms with Gasteiger partial charge in [-0.15, -0.1) is 0 Å².